The molecule has 88 valence electrons. The lowest BCUT2D eigenvalue weighted by Crippen LogP contribution is -1.97. The number of halogens is 2. The number of ether oxygens (including phenoxy) is 2. The minimum Gasteiger partial charge on any atom is -0.493 e. The Balaban J connectivity index is 2.11. The van der Waals surface area contributed by atoms with E-state index in [1.165, 1.54) is 5.56 Å². The SMILES string of the molecule is COc1ccc(C[C@H]2CC2(Cl)Cl)cc1OC. The maximum absolute atomic E-state index is 6.00. The van der Waals surface area contributed by atoms with Gasteiger partial charge < -0.3 is 9.47 Å². The molecule has 1 atom stereocenters. The van der Waals surface area contributed by atoms with Crippen LogP contribution < -0.4 is 9.47 Å². The quantitative estimate of drug-likeness (QED) is 0.773. The predicted octanol–water partition coefficient (Wildman–Crippen LogP) is 3.44. The molecule has 16 heavy (non-hydrogen) atoms. The lowest BCUT2D eigenvalue weighted by atomic mass is 10.1. The van der Waals surface area contributed by atoms with Crippen LogP contribution in [0.2, 0.25) is 0 Å². The van der Waals surface area contributed by atoms with E-state index in [2.05, 4.69) is 0 Å². The zero-order valence-electron chi connectivity index (χ0n) is 9.30. The smallest absolute Gasteiger partial charge is 0.160 e. The van der Waals surface area contributed by atoms with Gasteiger partial charge in [-0.1, -0.05) is 6.07 Å². The summed E-state index contributed by atoms with van der Waals surface area (Å²) < 4.78 is 9.89. The van der Waals surface area contributed by atoms with E-state index in [1.54, 1.807) is 14.2 Å². The summed E-state index contributed by atoms with van der Waals surface area (Å²) in [7, 11) is 3.26. The molecule has 0 unspecified atom stereocenters. The van der Waals surface area contributed by atoms with Crippen LogP contribution in [0.1, 0.15) is 12.0 Å². The zero-order valence-corrected chi connectivity index (χ0v) is 10.8. The Hall–Kier alpha value is -0.600. The van der Waals surface area contributed by atoms with E-state index >= 15 is 0 Å². The highest BCUT2D eigenvalue weighted by Gasteiger charge is 2.51. The number of rotatable bonds is 4. The first-order valence-electron chi connectivity index (χ1n) is 5.15. The molecule has 4 heteroatoms. The van der Waals surface area contributed by atoms with E-state index in [9.17, 15) is 0 Å². The molecule has 1 aromatic carbocycles. The molecule has 0 aromatic heterocycles. The van der Waals surface area contributed by atoms with Crippen molar-refractivity contribution in [2.45, 2.75) is 17.2 Å². The molecule has 1 saturated carbocycles. The molecule has 0 heterocycles. The molecular weight excluding hydrogens is 247 g/mol. The topological polar surface area (TPSA) is 18.5 Å². The van der Waals surface area contributed by atoms with Crippen LogP contribution in [0.5, 0.6) is 11.5 Å². The molecule has 0 amide bonds. The average molecular weight is 261 g/mol. The molecule has 1 aliphatic carbocycles. The molecule has 1 aromatic rings. The average Bonchev–Trinajstić information content (AvgIpc) is 2.85. The molecule has 1 aliphatic rings. The lowest BCUT2D eigenvalue weighted by molar-refractivity contribution is 0.354. The molecule has 0 N–H and O–H groups in total. The minimum absolute atomic E-state index is 0.355. The Morgan fingerprint density at radius 3 is 2.38 bits per heavy atom. The van der Waals surface area contributed by atoms with Crippen LogP contribution in [-0.2, 0) is 6.42 Å². The van der Waals surface area contributed by atoms with Gasteiger partial charge in [0.1, 0.15) is 4.33 Å². The normalized spacial score (nSPS) is 21.6. The summed E-state index contributed by atoms with van der Waals surface area (Å²) in [5.74, 6) is 1.84. The van der Waals surface area contributed by atoms with E-state index in [4.69, 9.17) is 32.7 Å². The Kier molecular flexibility index (Phi) is 3.22. The van der Waals surface area contributed by atoms with Crippen LogP contribution >= 0.6 is 23.2 Å². The third kappa shape index (κ3) is 2.38. The maximum Gasteiger partial charge on any atom is 0.160 e. The van der Waals surface area contributed by atoms with Crippen molar-refractivity contribution in [2.75, 3.05) is 14.2 Å². The third-order valence-corrected chi connectivity index (χ3v) is 3.81. The monoisotopic (exact) mass is 260 g/mol. The van der Waals surface area contributed by atoms with Crippen LogP contribution in [0, 0.1) is 5.92 Å². The first-order valence-corrected chi connectivity index (χ1v) is 5.91. The van der Waals surface area contributed by atoms with Gasteiger partial charge in [-0.25, -0.2) is 0 Å². The molecule has 2 nitrogen and oxygen atoms in total. The summed E-state index contributed by atoms with van der Waals surface area (Å²) in [6.07, 6.45) is 1.75. The summed E-state index contributed by atoms with van der Waals surface area (Å²) in [6, 6.07) is 5.89. The molecular formula is C12H14Cl2O2. The first kappa shape index (κ1) is 11.9. The number of hydrogen-bond acceptors (Lipinski definition) is 2. The third-order valence-electron chi connectivity index (χ3n) is 2.89. The van der Waals surface area contributed by atoms with Gasteiger partial charge in [0.25, 0.3) is 0 Å². The highest BCUT2D eigenvalue weighted by atomic mass is 35.5. The molecule has 0 radical (unpaired) electrons. The summed E-state index contributed by atoms with van der Waals surface area (Å²) >= 11 is 12.0. The maximum atomic E-state index is 6.00. The minimum atomic E-state index is -0.521. The van der Waals surface area contributed by atoms with Gasteiger partial charge in [-0.3, -0.25) is 0 Å². The van der Waals surface area contributed by atoms with Gasteiger partial charge in [-0.15, -0.1) is 23.2 Å². The van der Waals surface area contributed by atoms with Crippen LogP contribution in [0.15, 0.2) is 18.2 Å². The molecule has 1 fully saturated rings. The predicted molar refractivity (Wildman–Crippen MR) is 65.8 cm³/mol. The Morgan fingerprint density at radius 1 is 1.25 bits per heavy atom. The number of alkyl halides is 2. The van der Waals surface area contributed by atoms with E-state index < -0.39 is 4.33 Å². The van der Waals surface area contributed by atoms with Gasteiger partial charge in [0.05, 0.1) is 14.2 Å². The Labute approximate surface area is 105 Å². The molecule has 0 bridgehead atoms. The fourth-order valence-corrected chi connectivity index (χ4v) is 2.31. The molecule has 0 saturated heterocycles. The van der Waals surface area contributed by atoms with Crippen molar-refractivity contribution in [1.29, 1.82) is 0 Å². The van der Waals surface area contributed by atoms with Gasteiger partial charge in [0, 0.05) is 0 Å². The zero-order chi connectivity index (χ0) is 11.8. The van der Waals surface area contributed by atoms with Gasteiger partial charge in [-0.2, -0.15) is 0 Å². The van der Waals surface area contributed by atoms with Gasteiger partial charge in [0.15, 0.2) is 11.5 Å². The highest BCUT2D eigenvalue weighted by molar-refractivity contribution is 6.50. The Bertz CT molecular complexity index is 391. The van der Waals surface area contributed by atoms with Crippen LogP contribution in [-0.4, -0.2) is 18.6 Å². The molecule has 2 rings (SSSR count). The number of methoxy groups -OCH3 is 2. The van der Waals surface area contributed by atoms with Crippen molar-refractivity contribution in [1.82, 2.24) is 0 Å². The van der Waals surface area contributed by atoms with Gasteiger partial charge >= 0.3 is 0 Å². The van der Waals surface area contributed by atoms with Gasteiger partial charge in [-0.05, 0) is 36.5 Å². The fourth-order valence-electron chi connectivity index (χ4n) is 1.78. The second-order valence-corrected chi connectivity index (χ2v) is 5.60. The summed E-state index contributed by atoms with van der Waals surface area (Å²) in [6.45, 7) is 0. The second kappa shape index (κ2) is 4.34. The van der Waals surface area contributed by atoms with E-state index in [-0.39, 0.29) is 0 Å². The van der Waals surface area contributed by atoms with E-state index in [0.717, 1.165) is 24.3 Å². The van der Waals surface area contributed by atoms with Crippen molar-refractivity contribution < 1.29 is 9.47 Å². The van der Waals surface area contributed by atoms with E-state index in [0.29, 0.717) is 5.92 Å². The van der Waals surface area contributed by atoms with Crippen molar-refractivity contribution in [2.24, 2.45) is 5.92 Å². The van der Waals surface area contributed by atoms with Gasteiger partial charge in [0.2, 0.25) is 0 Å². The molecule has 0 spiro atoms. The van der Waals surface area contributed by atoms with Crippen LogP contribution in [0.25, 0.3) is 0 Å². The largest absolute Gasteiger partial charge is 0.493 e. The fraction of sp³-hybridized carbons (Fsp3) is 0.500. The Morgan fingerprint density at radius 2 is 1.88 bits per heavy atom. The van der Waals surface area contributed by atoms with Crippen LogP contribution in [0.4, 0.5) is 0 Å². The lowest BCUT2D eigenvalue weighted by Gasteiger charge is -2.09. The summed E-state index contributed by atoms with van der Waals surface area (Å²) in [5, 5.41) is 0. The van der Waals surface area contributed by atoms with E-state index in [1.807, 2.05) is 18.2 Å². The van der Waals surface area contributed by atoms with Crippen molar-refractivity contribution >= 4 is 23.2 Å². The number of hydrogen-bond donors (Lipinski definition) is 0. The van der Waals surface area contributed by atoms with Crippen molar-refractivity contribution in [3.05, 3.63) is 23.8 Å². The second-order valence-electron chi connectivity index (χ2n) is 4.06. The van der Waals surface area contributed by atoms with Crippen molar-refractivity contribution in [3.63, 3.8) is 0 Å². The number of benzene rings is 1. The standard InChI is InChI=1S/C12H14Cl2O2/c1-15-10-4-3-8(6-11(10)16-2)5-9-7-12(9,13)14/h3-4,6,9H,5,7H2,1-2H3/t9-/m0/s1. The first-order chi connectivity index (χ1) is 7.56. The molecule has 0 aliphatic heterocycles. The highest BCUT2D eigenvalue weighted by Crippen LogP contribution is 2.54. The van der Waals surface area contributed by atoms with Crippen molar-refractivity contribution in [3.8, 4) is 11.5 Å². The van der Waals surface area contributed by atoms with Crippen LogP contribution in [0.3, 0.4) is 0 Å². The summed E-state index contributed by atoms with van der Waals surface area (Å²) in [5.41, 5.74) is 1.17. The summed E-state index contributed by atoms with van der Waals surface area (Å²) in [4.78, 5) is 0.